The highest BCUT2D eigenvalue weighted by Crippen LogP contribution is 2.31. The van der Waals surface area contributed by atoms with Crippen LogP contribution in [-0.2, 0) is 17.9 Å². The summed E-state index contributed by atoms with van der Waals surface area (Å²) < 4.78 is 4.73. The molecule has 2 heterocycles. The number of carbonyl (C=O) groups excluding carboxylic acids is 1. The number of hydrogen-bond donors (Lipinski definition) is 0. The Bertz CT molecular complexity index is 2030. The molecule has 0 fully saturated rings. The zero-order valence-electron chi connectivity index (χ0n) is 24.3. The van der Waals surface area contributed by atoms with E-state index in [-0.39, 0.29) is 0 Å². The quantitative estimate of drug-likeness (QED) is 0.0950. The summed E-state index contributed by atoms with van der Waals surface area (Å²) in [7, 11) is 0. The smallest absolute Gasteiger partial charge is 0.146 e. The van der Waals surface area contributed by atoms with E-state index in [1.807, 2.05) is 12.2 Å². The molecule has 0 aliphatic heterocycles. The topological polar surface area (TPSA) is 26.9 Å². The van der Waals surface area contributed by atoms with E-state index >= 15 is 0 Å². The molecule has 0 amide bonds. The first-order chi connectivity index (χ1) is 20.7. The molecule has 0 aliphatic rings. The fourth-order valence-corrected chi connectivity index (χ4v) is 6.09. The second-order valence-electron chi connectivity index (χ2n) is 10.6. The molecule has 0 unspecified atom stereocenters. The van der Waals surface area contributed by atoms with Crippen LogP contribution in [0.25, 0.3) is 55.8 Å². The summed E-state index contributed by atoms with van der Waals surface area (Å²) in [5.41, 5.74) is 8.19. The minimum atomic E-state index is 0.712. The van der Waals surface area contributed by atoms with Crippen LogP contribution in [0.2, 0.25) is 0 Å². The molecule has 0 spiro atoms. The molecule has 0 aliphatic carbocycles. The lowest BCUT2D eigenvalue weighted by Crippen LogP contribution is -1.92. The molecule has 0 N–H and O–H groups in total. The van der Waals surface area contributed by atoms with Gasteiger partial charge in [-0.2, -0.15) is 0 Å². The van der Waals surface area contributed by atoms with Crippen molar-refractivity contribution in [3.63, 3.8) is 0 Å². The van der Waals surface area contributed by atoms with Gasteiger partial charge in [-0.05, 0) is 79.8 Å². The van der Waals surface area contributed by atoms with Gasteiger partial charge in [0.1, 0.15) is 6.29 Å². The van der Waals surface area contributed by atoms with Crippen molar-refractivity contribution >= 4 is 62.0 Å². The Labute approximate surface area is 247 Å². The molecule has 0 saturated carbocycles. The Kier molecular flexibility index (Phi) is 8.00. The van der Waals surface area contributed by atoms with Crippen LogP contribution in [0.1, 0.15) is 37.8 Å². The van der Waals surface area contributed by atoms with Crippen LogP contribution in [0, 0.1) is 0 Å². The van der Waals surface area contributed by atoms with Crippen LogP contribution in [0.15, 0.2) is 121 Å². The van der Waals surface area contributed by atoms with E-state index in [1.54, 1.807) is 0 Å². The molecule has 0 saturated heterocycles. The molecule has 4 aromatic carbocycles. The third kappa shape index (κ3) is 5.26. The predicted octanol–water partition coefficient (Wildman–Crippen LogP) is 10.1. The highest BCUT2D eigenvalue weighted by molar-refractivity contribution is 6.09. The third-order valence-electron chi connectivity index (χ3n) is 8.11. The first kappa shape index (κ1) is 27.3. The third-order valence-corrected chi connectivity index (χ3v) is 8.11. The molecular weight excluding hydrogens is 512 g/mol. The van der Waals surface area contributed by atoms with Gasteiger partial charge >= 0.3 is 0 Å². The first-order valence-corrected chi connectivity index (χ1v) is 14.9. The highest BCUT2D eigenvalue weighted by Gasteiger charge is 2.10. The number of nitrogens with zero attached hydrogens (tertiary/aromatic N) is 2. The van der Waals surface area contributed by atoms with Gasteiger partial charge in [0.2, 0.25) is 0 Å². The minimum Gasteiger partial charge on any atom is -0.341 e. The lowest BCUT2D eigenvalue weighted by molar-refractivity contribution is -0.105. The Morgan fingerprint density at radius 1 is 0.619 bits per heavy atom. The van der Waals surface area contributed by atoms with Crippen LogP contribution < -0.4 is 0 Å². The Balaban J connectivity index is 1.09. The largest absolute Gasteiger partial charge is 0.341 e. The molecule has 208 valence electrons. The molecule has 0 radical (unpaired) electrons. The summed E-state index contributed by atoms with van der Waals surface area (Å²) in [5.74, 6) is 0. The van der Waals surface area contributed by atoms with E-state index < -0.39 is 0 Å². The Morgan fingerprint density at radius 3 is 1.69 bits per heavy atom. The van der Waals surface area contributed by atoms with E-state index in [1.165, 1.54) is 49.2 Å². The van der Waals surface area contributed by atoms with Gasteiger partial charge in [-0.3, -0.25) is 4.79 Å². The Hall–Kier alpha value is -4.89. The van der Waals surface area contributed by atoms with Gasteiger partial charge in [0.25, 0.3) is 0 Å². The van der Waals surface area contributed by atoms with Gasteiger partial charge in [0.15, 0.2) is 0 Å². The summed E-state index contributed by atoms with van der Waals surface area (Å²) >= 11 is 0. The maximum atomic E-state index is 11.7. The van der Waals surface area contributed by atoms with Crippen molar-refractivity contribution in [3.8, 4) is 0 Å². The Morgan fingerprint density at radius 2 is 1.14 bits per heavy atom. The van der Waals surface area contributed by atoms with Crippen molar-refractivity contribution in [1.29, 1.82) is 0 Å². The first-order valence-electron chi connectivity index (χ1n) is 14.9. The van der Waals surface area contributed by atoms with E-state index in [0.717, 1.165) is 36.9 Å². The van der Waals surface area contributed by atoms with Crippen molar-refractivity contribution in [2.24, 2.45) is 0 Å². The number of para-hydroxylation sites is 2. The highest BCUT2D eigenvalue weighted by atomic mass is 16.1. The fraction of sp³-hybridized carbons (Fsp3) is 0.154. The zero-order chi connectivity index (χ0) is 28.9. The fourth-order valence-electron chi connectivity index (χ4n) is 6.09. The standard InChI is InChI=1S/C39H36N2O/c1-3-40-36-20-11-9-18-32(36)34-26-29(22-24-38(34)40)14-7-5-6-8-15-31(28-42)17-13-16-30-23-25-39-35(27-30)33-19-10-12-21-37(33)41(39)4-2/h5-7,9-14,16-28H,3-4,8,15H2,1-2H3. The van der Waals surface area contributed by atoms with Crippen molar-refractivity contribution in [3.05, 3.63) is 132 Å². The van der Waals surface area contributed by atoms with Crippen molar-refractivity contribution in [1.82, 2.24) is 9.13 Å². The van der Waals surface area contributed by atoms with Crippen LogP contribution in [0.5, 0.6) is 0 Å². The number of carbonyl (C=O) groups is 1. The number of aryl methyl sites for hydroxylation is 2. The van der Waals surface area contributed by atoms with E-state index in [9.17, 15) is 4.79 Å². The lowest BCUT2D eigenvalue weighted by Gasteiger charge is -2.02. The summed E-state index contributed by atoms with van der Waals surface area (Å²) in [6.45, 7) is 6.27. The molecule has 3 heteroatoms. The molecule has 42 heavy (non-hydrogen) atoms. The van der Waals surface area contributed by atoms with Gasteiger partial charge in [0.05, 0.1) is 0 Å². The maximum Gasteiger partial charge on any atom is 0.146 e. The average molecular weight is 549 g/mol. The van der Waals surface area contributed by atoms with Gasteiger partial charge in [-0.15, -0.1) is 0 Å². The summed E-state index contributed by atoms with van der Waals surface area (Å²) in [6.07, 6.45) is 16.9. The second-order valence-corrected chi connectivity index (χ2v) is 10.6. The lowest BCUT2D eigenvalue weighted by atomic mass is 10.1. The van der Waals surface area contributed by atoms with Crippen molar-refractivity contribution < 1.29 is 4.79 Å². The summed E-state index contributed by atoms with van der Waals surface area (Å²) in [4.78, 5) is 11.7. The van der Waals surface area contributed by atoms with Crippen LogP contribution >= 0.6 is 0 Å². The number of rotatable bonds is 10. The molecule has 6 aromatic rings. The number of hydrogen-bond acceptors (Lipinski definition) is 1. The maximum absolute atomic E-state index is 11.7. The van der Waals surface area contributed by atoms with Gasteiger partial charge in [-0.25, -0.2) is 0 Å². The minimum absolute atomic E-state index is 0.712. The summed E-state index contributed by atoms with van der Waals surface area (Å²) in [6, 6.07) is 30.4. The number of benzene rings is 4. The normalized spacial score (nSPS) is 12.9. The molecule has 2 aromatic heterocycles. The van der Waals surface area contributed by atoms with Crippen molar-refractivity contribution in [2.75, 3.05) is 0 Å². The summed E-state index contributed by atoms with van der Waals surface area (Å²) in [5, 5.41) is 5.13. The zero-order valence-corrected chi connectivity index (χ0v) is 24.3. The average Bonchev–Trinajstić information content (AvgIpc) is 3.53. The molecule has 0 atom stereocenters. The molecule has 3 nitrogen and oxygen atoms in total. The van der Waals surface area contributed by atoms with Crippen LogP contribution in [0.3, 0.4) is 0 Å². The van der Waals surface area contributed by atoms with Crippen LogP contribution in [0.4, 0.5) is 0 Å². The molecule has 0 bridgehead atoms. The van der Waals surface area contributed by atoms with Gasteiger partial charge in [0, 0.05) is 56.7 Å². The predicted molar refractivity (Wildman–Crippen MR) is 181 cm³/mol. The number of allylic oxidation sites excluding steroid dienone is 6. The van der Waals surface area contributed by atoms with E-state index in [0.29, 0.717) is 6.42 Å². The molecule has 6 rings (SSSR count). The van der Waals surface area contributed by atoms with Crippen molar-refractivity contribution in [2.45, 2.75) is 39.8 Å². The molecular formula is C39H36N2O. The number of aldehydes is 1. The van der Waals surface area contributed by atoms with Gasteiger partial charge < -0.3 is 9.13 Å². The van der Waals surface area contributed by atoms with E-state index in [2.05, 4.69) is 138 Å². The number of aromatic nitrogens is 2. The van der Waals surface area contributed by atoms with E-state index in [4.69, 9.17) is 0 Å². The van der Waals surface area contributed by atoms with Gasteiger partial charge in [-0.1, -0.05) is 91.1 Å². The van der Waals surface area contributed by atoms with Crippen LogP contribution in [-0.4, -0.2) is 15.4 Å². The SMILES string of the molecule is CCn1c2ccccc2c2cc(C=CC=CCCC(C=O)=CC=Cc3ccc4c(c3)c3ccccc3n4CC)ccc21. The second kappa shape index (κ2) is 12.3. The monoisotopic (exact) mass is 548 g/mol. The number of fused-ring (bicyclic) bond motifs is 6.